The fraction of sp³-hybridized carbons (Fsp3) is 0.562. The molecule has 3 unspecified atom stereocenters. The first-order chi connectivity index (χ1) is 9.11. The van der Waals surface area contributed by atoms with E-state index in [-0.39, 0.29) is 0 Å². The molecule has 1 aromatic carbocycles. The van der Waals surface area contributed by atoms with Gasteiger partial charge >= 0.3 is 0 Å². The van der Waals surface area contributed by atoms with Crippen molar-refractivity contribution in [1.82, 2.24) is 4.98 Å². The summed E-state index contributed by atoms with van der Waals surface area (Å²) in [6.07, 6.45) is 4.02. The van der Waals surface area contributed by atoms with Gasteiger partial charge in [0.05, 0.1) is 15.2 Å². The van der Waals surface area contributed by atoms with Crippen molar-refractivity contribution < 1.29 is 0 Å². The minimum atomic E-state index is 0.621. The third-order valence-corrected chi connectivity index (χ3v) is 5.24. The molecule has 0 aliphatic heterocycles. The summed E-state index contributed by atoms with van der Waals surface area (Å²) in [5.74, 6) is 1.62. The molecule has 19 heavy (non-hydrogen) atoms. The van der Waals surface area contributed by atoms with Crippen molar-refractivity contribution in [2.24, 2.45) is 11.8 Å². The van der Waals surface area contributed by atoms with Crippen LogP contribution in [0.4, 0.5) is 5.69 Å². The molecule has 2 aromatic rings. The van der Waals surface area contributed by atoms with E-state index in [4.69, 9.17) is 0 Å². The van der Waals surface area contributed by atoms with E-state index < -0.39 is 0 Å². The molecule has 1 aliphatic rings. The smallest absolute Gasteiger partial charge is 0.0907 e. The lowest BCUT2D eigenvalue weighted by molar-refractivity contribution is 0.281. The van der Waals surface area contributed by atoms with Gasteiger partial charge in [0.2, 0.25) is 0 Å². The zero-order chi connectivity index (χ0) is 13.4. The maximum atomic E-state index is 4.52. The number of aryl methyl sites for hydroxylation is 1. The van der Waals surface area contributed by atoms with Crippen molar-refractivity contribution in [2.75, 3.05) is 5.32 Å². The lowest BCUT2D eigenvalue weighted by Gasteiger charge is -2.34. The summed E-state index contributed by atoms with van der Waals surface area (Å²) in [6, 6.07) is 7.19. The molecule has 1 N–H and O–H groups in total. The topological polar surface area (TPSA) is 24.9 Å². The summed E-state index contributed by atoms with van der Waals surface area (Å²) in [5.41, 5.74) is 2.38. The van der Waals surface area contributed by atoms with Crippen LogP contribution in [0.1, 0.15) is 38.1 Å². The first-order valence-corrected chi connectivity index (χ1v) is 8.07. The van der Waals surface area contributed by atoms with Crippen LogP contribution < -0.4 is 5.32 Å². The number of benzene rings is 1. The molecule has 0 bridgehead atoms. The molecule has 1 heterocycles. The predicted octanol–water partition coefficient (Wildman–Crippen LogP) is 4.84. The number of hydrogen-bond donors (Lipinski definition) is 1. The van der Waals surface area contributed by atoms with Gasteiger partial charge in [-0.25, -0.2) is 4.98 Å². The third-order valence-electron chi connectivity index (χ3n) is 4.31. The van der Waals surface area contributed by atoms with E-state index in [1.165, 1.54) is 29.6 Å². The van der Waals surface area contributed by atoms with Crippen molar-refractivity contribution in [2.45, 2.75) is 46.1 Å². The summed E-state index contributed by atoms with van der Waals surface area (Å²) >= 11 is 1.78. The number of rotatable bonds is 2. The van der Waals surface area contributed by atoms with Crippen LogP contribution in [-0.4, -0.2) is 11.0 Å². The third kappa shape index (κ3) is 2.76. The second-order valence-electron chi connectivity index (χ2n) is 6.06. The Morgan fingerprint density at radius 2 is 2.11 bits per heavy atom. The first-order valence-electron chi connectivity index (χ1n) is 7.25. The highest BCUT2D eigenvalue weighted by Gasteiger charge is 2.25. The quantitative estimate of drug-likeness (QED) is 0.847. The molecule has 0 saturated heterocycles. The van der Waals surface area contributed by atoms with Crippen LogP contribution >= 0.6 is 11.3 Å². The van der Waals surface area contributed by atoms with E-state index in [9.17, 15) is 0 Å². The standard InChI is InChI=1S/C16H22N2S/c1-10-4-5-11(2)15(8-10)18-13-6-7-14-16(9-13)19-12(3)17-14/h6-7,9-11,15,18H,4-5,8H2,1-3H3. The second kappa shape index (κ2) is 5.12. The van der Waals surface area contributed by atoms with Crippen LogP contribution in [0.15, 0.2) is 18.2 Å². The molecule has 1 aromatic heterocycles. The van der Waals surface area contributed by atoms with Gasteiger partial charge in [0.1, 0.15) is 0 Å². The average Bonchev–Trinajstić information content (AvgIpc) is 2.73. The predicted molar refractivity (Wildman–Crippen MR) is 83.9 cm³/mol. The number of anilines is 1. The lowest BCUT2D eigenvalue weighted by Crippen LogP contribution is -2.33. The average molecular weight is 274 g/mol. The van der Waals surface area contributed by atoms with Gasteiger partial charge in [0, 0.05) is 11.7 Å². The minimum absolute atomic E-state index is 0.621. The van der Waals surface area contributed by atoms with Crippen molar-refractivity contribution in [3.63, 3.8) is 0 Å². The Kier molecular flexibility index (Phi) is 3.48. The number of fused-ring (bicyclic) bond motifs is 1. The number of nitrogens with one attached hydrogen (secondary N) is 1. The summed E-state index contributed by atoms with van der Waals surface area (Å²) in [5, 5.41) is 4.89. The Morgan fingerprint density at radius 1 is 1.26 bits per heavy atom. The first kappa shape index (κ1) is 12.9. The van der Waals surface area contributed by atoms with Crippen LogP contribution in [0.2, 0.25) is 0 Å². The molecule has 0 spiro atoms. The van der Waals surface area contributed by atoms with E-state index in [1.807, 2.05) is 0 Å². The number of thiazole rings is 1. The Morgan fingerprint density at radius 3 is 2.95 bits per heavy atom. The highest BCUT2D eigenvalue weighted by molar-refractivity contribution is 7.18. The molecule has 1 saturated carbocycles. The molecule has 3 rings (SSSR count). The van der Waals surface area contributed by atoms with Gasteiger partial charge in [-0.1, -0.05) is 20.3 Å². The lowest BCUT2D eigenvalue weighted by atomic mass is 9.80. The van der Waals surface area contributed by atoms with Crippen molar-refractivity contribution in [3.05, 3.63) is 23.2 Å². The monoisotopic (exact) mass is 274 g/mol. The van der Waals surface area contributed by atoms with Gasteiger partial charge in [0.15, 0.2) is 0 Å². The highest BCUT2D eigenvalue weighted by Crippen LogP contribution is 2.32. The van der Waals surface area contributed by atoms with Crippen molar-refractivity contribution in [3.8, 4) is 0 Å². The fourth-order valence-corrected chi connectivity index (χ4v) is 3.94. The fourth-order valence-electron chi connectivity index (χ4n) is 3.08. The van der Waals surface area contributed by atoms with Crippen LogP contribution in [0.5, 0.6) is 0 Å². The minimum Gasteiger partial charge on any atom is -0.382 e. The number of nitrogens with zero attached hydrogens (tertiary/aromatic N) is 1. The van der Waals surface area contributed by atoms with Crippen LogP contribution in [0, 0.1) is 18.8 Å². The molecule has 0 radical (unpaired) electrons. The summed E-state index contributed by atoms with van der Waals surface area (Å²) in [6.45, 7) is 6.82. The normalized spacial score (nSPS) is 27.6. The molecular weight excluding hydrogens is 252 g/mol. The van der Waals surface area contributed by atoms with Crippen LogP contribution in [-0.2, 0) is 0 Å². The van der Waals surface area contributed by atoms with Gasteiger partial charge in [-0.15, -0.1) is 11.3 Å². The Bertz CT molecular complexity index is 575. The molecule has 3 atom stereocenters. The van der Waals surface area contributed by atoms with Crippen LogP contribution in [0.3, 0.4) is 0 Å². The Balaban J connectivity index is 1.80. The molecular formula is C16H22N2S. The van der Waals surface area contributed by atoms with Gasteiger partial charge in [0.25, 0.3) is 0 Å². The Labute approximate surface area is 119 Å². The van der Waals surface area contributed by atoms with Gasteiger partial charge in [-0.3, -0.25) is 0 Å². The molecule has 0 amide bonds. The summed E-state index contributed by atoms with van der Waals surface area (Å²) in [4.78, 5) is 4.52. The zero-order valence-corrected chi connectivity index (χ0v) is 12.8. The van der Waals surface area contributed by atoms with E-state index in [2.05, 4.69) is 49.3 Å². The molecule has 1 fully saturated rings. The second-order valence-corrected chi connectivity index (χ2v) is 7.30. The molecule has 102 valence electrons. The van der Waals surface area contributed by atoms with Crippen molar-refractivity contribution in [1.29, 1.82) is 0 Å². The maximum absolute atomic E-state index is 4.52. The SMILES string of the molecule is Cc1nc2ccc(NC3CC(C)CCC3C)cc2s1. The van der Waals surface area contributed by atoms with E-state index in [0.717, 1.165) is 22.4 Å². The van der Waals surface area contributed by atoms with Gasteiger partial charge in [-0.2, -0.15) is 0 Å². The zero-order valence-electron chi connectivity index (χ0n) is 11.9. The molecule has 1 aliphatic carbocycles. The van der Waals surface area contributed by atoms with Crippen molar-refractivity contribution >= 4 is 27.2 Å². The van der Waals surface area contributed by atoms with E-state index in [1.54, 1.807) is 11.3 Å². The molecule has 3 heteroatoms. The highest BCUT2D eigenvalue weighted by atomic mass is 32.1. The van der Waals surface area contributed by atoms with Gasteiger partial charge < -0.3 is 5.32 Å². The maximum Gasteiger partial charge on any atom is 0.0907 e. The number of aromatic nitrogens is 1. The number of hydrogen-bond acceptors (Lipinski definition) is 3. The van der Waals surface area contributed by atoms with Gasteiger partial charge in [-0.05, 0) is 49.8 Å². The molecule has 2 nitrogen and oxygen atoms in total. The summed E-state index contributed by atoms with van der Waals surface area (Å²) < 4.78 is 1.29. The largest absolute Gasteiger partial charge is 0.382 e. The summed E-state index contributed by atoms with van der Waals surface area (Å²) in [7, 11) is 0. The van der Waals surface area contributed by atoms with Crippen LogP contribution in [0.25, 0.3) is 10.2 Å². The Hall–Kier alpha value is -1.09. The van der Waals surface area contributed by atoms with E-state index in [0.29, 0.717) is 6.04 Å². The van der Waals surface area contributed by atoms with E-state index >= 15 is 0 Å².